The third-order valence-corrected chi connectivity index (χ3v) is 17.2. The van der Waals surface area contributed by atoms with E-state index in [1.54, 1.807) is 0 Å². The summed E-state index contributed by atoms with van der Waals surface area (Å²) >= 11 is 6.37. The number of para-hydroxylation sites is 2. The Kier molecular flexibility index (Phi) is 14.0. The predicted octanol–water partition coefficient (Wildman–Crippen LogP) is 17.1. The van der Waals surface area contributed by atoms with Crippen LogP contribution in [0.15, 0.2) is 93.8 Å². The Morgan fingerprint density at radius 2 is 1.00 bits per heavy atom. The second kappa shape index (κ2) is 19.5. The molecule has 2 atom stereocenters. The van der Waals surface area contributed by atoms with Crippen molar-refractivity contribution in [2.45, 2.75) is 97.3 Å². The summed E-state index contributed by atoms with van der Waals surface area (Å²) < 4.78 is 32.3. The second-order valence-corrected chi connectivity index (χ2v) is 20.6. The molecule has 65 heavy (non-hydrogen) atoms. The molecule has 0 saturated carbocycles. The first-order valence-corrected chi connectivity index (χ1v) is 25.7. The summed E-state index contributed by atoms with van der Waals surface area (Å²) in [6.45, 7) is 9.48. The van der Waals surface area contributed by atoms with E-state index in [1.807, 2.05) is 59.1 Å². The van der Waals surface area contributed by atoms with E-state index in [2.05, 4.69) is 88.4 Å². The molecule has 0 spiro atoms. The second-order valence-electron chi connectivity index (χ2n) is 17.4. The molecule has 4 aromatic carbocycles. The van der Waals surface area contributed by atoms with Gasteiger partial charge in [-0.2, -0.15) is 8.75 Å². The fraction of sp³-hybridized carbons (Fsp3) is 0.321. The van der Waals surface area contributed by atoms with Crippen LogP contribution in [-0.2, 0) is 47.5 Å². The number of unbranched alkanes of at least 4 members (excludes halogenated alkanes) is 2. The first-order chi connectivity index (χ1) is 31.0. The predicted molar refractivity (Wildman–Crippen MR) is 265 cm³/mol. The maximum atomic E-state index is 6.34. The van der Waals surface area contributed by atoms with E-state index in [1.165, 1.54) is 105 Å². The number of hydrogen-bond donors (Lipinski definition) is 0. The monoisotopic (exact) mass is 1270 g/mol. The van der Waals surface area contributed by atoms with E-state index < -0.39 is 0 Å². The van der Waals surface area contributed by atoms with Crippen LogP contribution in [0.1, 0.15) is 103 Å². The van der Waals surface area contributed by atoms with Crippen LogP contribution in [0, 0.1) is 24.0 Å². The van der Waals surface area contributed by atoms with Crippen molar-refractivity contribution in [3.05, 3.63) is 108 Å². The molecule has 1 aliphatic carbocycles. The number of thiophene rings is 2. The molecule has 6 aromatic heterocycles. The minimum Gasteiger partial charge on any atom is -0.500 e. The molecule has 11 rings (SSSR count). The number of furan rings is 2. The molecule has 0 aliphatic heterocycles. The summed E-state index contributed by atoms with van der Waals surface area (Å²) in [5.74, 6) is 2.78. The molecule has 0 fully saturated rings. The van der Waals surface area contributed by atoms with Crippen molar-refractivity contribution in [1.82, 2.24) is 17.5 Å². The fourth-order valence-corrected chi connectivity index (χ4v) is 14.1. The summed E-state index contributed by atoms with van der Waals surface area (Å²) in [7, 11) is 0. The number of fused-ring (bicyclic) bond motifs is 7. The number of benzene rings is 4. The van der Waals surface area contributed by atoms with Gasteiger partial charge in [-0.25, -0.2) is 8.75 Å². The van der Waals surface area contributed by atoms with Gasteiger partial charge in [-0.3, -0.25) is 0 Å². The molecule has 0 bridgehead atoms. The van der Waals surface area contributed by atoms with Crippen LogP contribution in [0.4, 0.5) is 0 Å². The van der Waals surface area contributed by atoms with Crippen molar-refractivity contribution in [3.8, 4) is 53.3 Å². The quantitative estimate of drug-likeness (QED) is 0.0897. The van der Waals surface area contributed by atoms with E-state index in [-0.39, 0.29) is 47.5 Å². The van der Waals surface area contributed by atoms with Gasteiger partial charge in [-0.15, -0.1) is 46.9 Å². The number of hydrogen-bond acceptors (Lipinski definition) is 10. The SMILES string of the molecule is CCCCC(CC)CC1(CC(CC)CCCC)c2cc(-c3c[c-]c(-c4cc5ccccc5o4)c4nsnc34)sc2-c2sc(-c3c[c-]c(-c4cc5ccccc5o4)c4nsnc34)cc21.[W].[W]. The Morgan fingerprint density at radius 3 is 1.42 bits per heavy atom. The zero-order chi connectivity index (χ0) is 42.7. The molecule has 330 valence electrons. The Bertz CT molecular complexity index is 2980. The molecule has 12 heteroatoms. The minimum atomic E-state index is -0.119. The van der Waals surface area contributed by atoms with Gasteiger partial charge >= 0.3 is 0 Å². The topological polar surface area (TPSA) is 77.8 Å². The van der Waals surface area contributed by atoms with Gasteiger partial charge in [0.25, 0.3) is 0 Å². The summed E-state index contributed by atoms with van der Waals surface area (Å²) in [5.41, 5.74) is 12.0. The van der Waals surface area contributed by atoms with Gasteiger partial charge in [0.15, 0.2) is 0 Å². The molecule has 6 nitrogen and oxygen atoms in total. The third kappa shape index (κ3) is 8.20. The van der Waals surface area contributed by atoms with Gasteiger partial charge in [-0.1, -0.05) is 150 Å². The summed E-state index contributed by atoms with van der Waals surface area (Å²) in [4.78, 5) is 5.26. The molecule has 2 unspecified atom stereocenters. The maximum absolute atomic E-state index is 6.34. The van der Waals surface area contributed by atoms with Gasteiger partial charge in [0.05, 0.1) is 35.0 Å². The Morgan fingerprint density at radius 1 is 0.569 bits per heavy atom. The van der Waals surface area contributed by atoms with Gasteiger partial charge in [0.1, 0.15) is 11.2 Å². The molecule has 10 aromatic rings. The first-order valence-electron chi connectivity index (χ1n) is 22.6. The van der Waals surface area contributed by atoms with Crippen LogP contribution in [0.25, 0.3) is 97.3 Å². The van der Waals surface area contributed by atoms with Crippen LogP contribution >= 0.6 is 46.1 Å². The normalized spacial score (nSPS) is 13.9. The van der Waals surface area contributed by atoms with E-state index in [9.17, 15) is 0 Å². The zero-order valence-corrected chi connectivity index (χ0v) is 46.0. The molecular formula is C53H48N4O2S4W2-2. The van der Waals surface area contributed by atoms with Crippen LogP contribution in [0.5, 0.6) is 0 Å². The molecule has 0 amide bonds. The largest absolute Gasteiger partial charge is 0.500 e. The van der Waals surface area contributed by atoms with Crippen molar-refractivity contribution >= 4 is 90.1 Å². The molecule has 0 saturated heterocycles. The Hall–Kier alpha value is -3.62. The average molecular weight is 1270 g/mol. The van der Waals surface area contributed by atoms with E-state index in [4.69, 9.17) is 26.3 Å². The zero-order valence-electron chi connectivity index (χ0n) is 36.9. The van der Waals surface area contributed by atoms with E-state index in [0.717, 1.165) is 90.6 Å². The van der Waals surface area contributed by atoms with Gasteiger partial charge in [-0.05, 0) is 69.8 Å². The number of nitrogens with zero attached hydrogens (tertiary/aromatic N) is 4. The van der Waals surface area contributed by atoms with Gasteiger partial charge in [0.2, 0.25) is 0 Å². The standard InChI is InChI=1S/C53H48N4O2S4.2W/c1-5-9-15-31(7-3)29-53(30-32(8-4)16-10-6-2)39-27-45(37-23-21-35(47-49(37)56-62-54-47)43-25-33-17-11-13-19-41(33)58-43)60-51(39)52-40(53)28-46(61-52)38-24-22-36(48-50(38)57-63-55-48)44-26-34-18-12-14-20-42(34)59-44;;/h11-14,17-20,23-28,31-32H,5-10,15-16,29-30H2,1-4H3;;/q-2;;. The van der Waals surface area contributed by atoms with E-state index in [0.29, 0.717) is 11.8 Å². The van der Waals surface area contributed by atoms with Crippen LogP contribution in [0.3, 0.4) is 0 Å². The van der Waals surface area contributed by atoms with Crippen molar-refractivity contribution in [2.75, 3.05) is 0 Å². The molecule has 0 N–H and O–H groups in total. The van der Waals surface area contributed by atoms with Crippen LogP contribution in [0.2, 0.25) is 0 Å². The average Bonchev–Trinajstić information content (AvgIpc) is 4.17. The van der Waals surface area contributed by atoms with Crippen molar-refractivity contribution in [1.29, 1.82) is 0 Å². The third-order valence-electron chi connectivity index (χ3n) is 13.6. The van der Waals surface area contributed by atoms with Crippen molar-refractivity contribution < 1.29 is 51.0 Å². The molecular weight excluding hydrogens is 1220 g/mol. The molecule has 0 radical (unpaired) electrons. The summed E-state index contributed by atoms with van der Waals surface area (Å²) in [6, 6.07) is 37.1. The van der Waals surface area contributed by atoms with Crippen LogP contribution < -0.4 is 0 Å². The summed E-state index contributed by atoms with van der Waals surface area (Å²) in [6.07, 6.45) is 12.1. The Labute approximate surface area is 425 Å². The molecule has 1 aliphatic rings. The minimum absolute atomic E-state index is 0. The Balaban J connectivity index is 0.00000266. The number of rotatable bonds is 16. The smallest absolute Gasteiger partial charge is 0.121 e. The van der Waals surface area contributed by atoms with Gasteiger partial charge in [0, 0.05) is 90.1 Å². The van der Waals surface area contributed by atoms with Crippen LogP contribution in [-0.4, -0.2) is 17.5 Å². The fourth-order valence-electron chi connectivity index (χ4n) is 10.2. The maximum Gasteiger partial charge on any atom is 0.121 e. The summed E-state index contributed by atoms with van der Waals surface area (Å²) in [5, 5.41) is 2.14. The molecule has 6 heterocycles. The first kappa shape index (κ1) is 46.5. The number of aromatic nitrogens is 4. The van der Waals surface area contributed by atoms with Crippen molar-refractivity contribution in [2.24, 2.45) is 11.8 Å². The van der Waals surface area contributed by atoms with Gasteiger partial charge < -0.3 is 8.83 Å². The van der Waals surface area contributed by atoms with E-state index >= 15 is 0 Å². The van der Waals surface area contributed by atoms with Crippen molar-refractivity contribution in [3.63, 3.8) is 0 Å².